The first-order valence-electron chi connectivity index (χ1n) is 10.4. The van der Waals surface area contributed by atoms with E-state index in [1.807, 2.05) is 0 Å². The summed E-state index contributed by atoms with van der Waals surface area (Å²) < 4.78 is 3.14. The van der Waals surface area contributed by atoms with Gasteiger partial charge in [-0.1, -0.05) is 53.0 Å². The fourth-order valence-corrected chi connectivity index (χ4v) is 4.27. The minimum Gasteiger partial charge on any atom is -0.304 e. The smallest absolute Gasteiger partial charge is 0.304 e. The van der Waals surface area contributed by atoms with Gasteiger partial charge in [-0.25, -0.2) is 0 Å². The molecule has 0 aliphatic heterocycles. The molecule has 0 spiro atoms. The van der Waals surface area contributed by atoms with Gasteiger partial charge in [-0.3, -0.25) is 24.3 Å². The van der Waals surface area contributed by atoms with Crippen LogP contribution in [0.15, 0.2) is 48.7 Å². The van der Waals surface area contributed by atoms with E-state index in [0.29, 0.717) is 40.1 Å². The van der Waals surface area contributed by atoms with Gasteiger partial charge in [0.05, 0.1) is 18.0 Å². The SMILES string of the molecule is Cc1nn(Cc2ccc(C(=O)Nc3nn(Cc4ccc(Cl)cc4Cl)cc3Cl)cc2)c(C)c1[N+](=O)[O-]. The number of benzene rings is 2. The Bertz CT molecular complexity index is 1430. The van der Waals surface area contributed by atoms with Crippen LogP contribution in [0.25, 0.3) is 0 Å². The highest BCUT2D eigenvalue weighted by Crippen LogP contribution is 2.25. The molecule has 0 atom stereocenters. The standard InChI is InChI=1S/C23H19Cl3N6O3/c1-13-21(32(34)35)14(2)31(28-13)10-15-3-5-16(6-4-15)23(33)27-22-20(26)12-30(29-22)11-17-7-8-18(24)9-19(17)25/h3-9,12H,10-11H2,1-2H3,(H,27,29,33). The number of hydrogen-bond acceptors (Lipinski definition) is 5. The number of nitrogens with one attached hydrogen (secondary N) is 1. The number of nitro groups is 1. The largest absolute Gasteiger partial charge is 0.312 e. The van der Waals surface area contributed by atoms with Gasteiger partial charge in [0.2, 0.25) is 0 Å². The highest BCUT2D eigenvalue weighted by molar-refractivity contribution is 6.35. The number of carbonyl (C=O) groups excluding carboxylic acids is 1. The average molecular weight is 534 g/mol. The number of nitrogens with zero attached hydrogens (tertiary/aromatic N) is 5. The lowest BCUT2D eigenvalue weighted by Crippen LogP contribution is -2.13. The van der Waals surface area contributed by atoms with Crippen molar-refractivity contribution in [2.75, 3.05) is 5.32 Å². The first-order valence-corrected chi connectivity index (χ1v) is 11.5. The highest BCUT2D eigenvalue weighted by Gasteiger charge is 2.21. The van der Waals surface area contributed by atoms with Crippen LogP contribution in [-0.4, -0.2) is 30.4 Å². The van der Waals surface area contributed by atoms with E-state index in [9.17, 15) is 14.9 Å². The molecule has 180 valence electrons. The van der Waals surface area contributed by atoms with Crippen LogP contribution in [0.5, 0.6) is 0 Å². The fourth-order valence-electron chi connectivity index (χ4n) is 3.61. The van der Waals surface area contributed by atoms with Gasteiger partial charge in [0.1, 0.15) is 16.4 Å². The van der Waals surface area contributed by atoms with Gasteiger partial charge in [0, 0.05) is 21.8 Å². The second-order valence-electron chi connectivity index (χ2n) is 7.84. The van der Waals surface area contributed by atoms with E-state index in [1.165, 1.54) is 0 Å². The number of rotatable bonds is 7. The summed E-state index contributed by atoms with van der Waals surface area (Å²) in [6, 6.07) is 12.0. The predicted molar refractivity (Wildman–Crippen MR) is 135 cm³/mol. The molecule has 9 nitrogen and oxygen atoms in total. The van der Waals surface area contributed by atoms with E-state index in [1.54, 1.807) is 71.9 Å². The van der Waals surface area contributed by atoms with Crippen molar-refractivity contribution in [3.05, 3.63) is 102 Å². The molecule has 4 rings (SSSR count). The molecule has 1 amide bonds. The summed E-state index contributed by atoms with van der Waals surface area (Å²) in [6.45, 7) is 3.95. The van der Waals surface area contributed by atoms with Crippen molar-refractivity contribution in [3.63, 3.8) is 0 Å². The van der Waals surface area contributed by atoms with Crippen LogP contribution in [0.2, 0.25) is 15.1 Å². The van der Waals surface area contributed by atoms with Crippen molar-refractivity contribution in [1.29, 1.82) is 0 Å². The molecule has 0 unspecified atom stereocenters. The van der Waals surface area contributed by atoms with E-state index >= 15 is 0 Å². The summed E-state index contributed by atoms with van der Waals surface area (Å²) in [5, 5.41) is 23.8. The van der Waals surface area contributed by atoms with Gasteiger partial charge >= 0.3 is 5.69 Å². The molecule has 2 aromatic carbocycles. The Kier molecular flexibility index (Phi) is 7.11. The van der Waals surface area contributed by atoms with Crippen LogP contribution < -0.4 is 5.32 Å². The maximum atomic E-state index is 12.7. The van der Waals surface area contributed by atoms with Crippen LogP contribution in [-0.2, 0) is 13.1 Å². The molecular weight excluding hydrogens is 515 g/mol. The minimum atomic E-state index is -0.432. The van der Waals surface area contributed by atoms with Crippen LogP contribution in [0, 0.1) is 24.0 Å². The zero-order chi connectivity index (χ0) is 25.3. The van der Waals surface area contributed by atoms with E-state index in [4.69, 9.17) is 34.8 Å². The molecule has 0 bridgehead atoms. The molecule has 0 fully saturated rings. The van der Waals surface area contributed by atoms with Crippen molar-refractivity contribution in [2.45, 2.75) is 26.9 Å². The number of amides is 1. The third kappa shape index (κ3) is 5.48. The van der Waals surface area contributed by atoms with Gasteiger partial charge < -0.3 is 5.32 Å². The molecule has 0 saturated heterocycles. The molecule has 4 aromatic rings. The molecule has 0 radical (unpaired) electrons. The predicted octanol–water partition coefficient (Wildman–Crippen LogP) is 5.91. The summed E-state index contributed by atoms with van der Waals surface area (Å²) in [7, 11) is 0. The second kappa shape index (κ2) is 10.1. The van der Waals surface area contributed by atoms with Crippen LogP contribution >= 0.6 is 34.8 Å². The summed E-state index contributed by atoms with van der Waals surface area (Å²) in [5.74, 6) is -0.157. The van der Waals surface area contributed by atoms with E-state index in [-0.39, 0.29) is 22.4 Å². The molecule has 1 N–H and O–H groups in total. The normalized spacial score (nSPS) is 11.0. The van der Waals surface area contributed by atoms with Gasteiger partial charge in [0.25, 0.3) is 5.91 Å². The Morgan fingerprint density at radius 1 is 1.03 bits per heavy atom. The first-order chi connectivity index (χ1) is 16.6. The molecule has 12 heteroatoms. The van der Waals surface area contributed by atoms with Crippen molar-refractivity contribution in [3.8, 4) is 0 Å². The van der Waals surface area contributed by atoms with Crippen LogP contribution in [0.1, 0.15) is 32.9 Å². The maximum absolute atomic E-state index is 12.7. The van der Waals surface area contributed by atoms with Crippen molar-refractivity contribution in [2.24, 2.45) is 0 Å². The zero-order valence-corrected chi connectivity index (χ0v) is 20.9. The summed E-state index contributed by atoms with van der Waals surface area (Å²) in [5.41, 5.74) is 2.88. The van der Waals surface area contributed by atoms with Crippen LogP contribution in [0.3, 0.4) is 0 Å². The van der Waals surface area contributed by atoms with Crippen molar-refractivity contribution < 1.29 is 9.72 Å². The monoisotopic (exact) mass is 532 g/mol. The van der Waals surface area contributed by atoms with Gasteiger partial charge in [-0.05, 0) is 49.2 Å². The number of hydrogen-bond donors (Lipinski definition) is 1. The third-order valence-electron chi connectivity index (χ3n) is 5.37. The Labute approximate surface area is 215 Å². The molecule has 35 heavy (non-hydrogen) atoms. The number of halogens is 3. The summed E-state index contributed by atoms with van der Waals surface area (Å²) >= 11 is 18.4. The molecule has 0 aliphatic rings. The van der Waals surface area contributed by atoms with Gasteiger partial charge in [-0.2, -0.15) is 10.2 Å². The Morgan fingerprint density at radius 2 is 1.74 bits per heavy atom. The van der Waals surface area contributed by atoms with E-state index < -0.39 is 4.92 Å². The lowest BCUT2D eigenvalue weighted by Gasteiger charge is -2.07. The zero-order valence-electron chi connectivity index (χ0n) is 18.6. The number of carbonyl (C=O) groups is 1. The Hall–Kier alpha value is -3.40. The minimum absolute atomic E-state index is 0.00986. The summed E-state index contributed by atoms with van der Waals surface area (Å²) in [6.07, 6.45) is 1.60. The van der Waals surface area contributed by atoms with E-state index in [2.05, 4.69) is 15.5 Å². The highest BCUT2D eigenvalue weighted by atomic mass is 35.5. The lowest BCUT2D eigenvalue weighted by molar-refractivity contribution is -0.386. The Morgan fingerprint density at radius 3 is 2.37 bits per heavy atom. The van der Waals surface area contributed by atoms with Gasteiger partial charge in [-0.15, -0.1) is 0 Å². The number of anilines is 1. The molecule has 0 saturated carbocycles. The molecule has 0 aliphatic carbocycles. The second-order valence-corrected chi connectivity index (χ2v) is 9.10. The van der Waals surface area contributed by atoms with E-state index in [0.717, 1.165) is 11.1 Å². The van der Waals surface area contributed by atoms with Crippen LogP contribution in [0.4, 0.5) is 11.5 Å². The van der Waals surface area contributed by atoms with Crippen molar-refractivity contribution >= 4 is 52.2 Å². The molecule has 2 heterocycles. The average Bonchev–Trinajstić information content (AvgIpc) is 3.28. The number of aromatic nitrogens is 4. The lowest BCUT2D eigenvalue weighted by atomic mass is 10.1. The quantitative estimate of drug-likeness (QED) is 0.234. The summed E-state index contributed by atoms with van der Waals surface area (Å²) in [4.78, 5) is 23.5. The third-order valence-corrected chi connectivity index (χ3v) is 6.23. The fraction of sp³-hybridized carbons (Fsp3) is 0.174. The number of aryl methyl sites for hydroxylation is 1. The van der Waals surface area contributed by atoms with Crippen molar-refractivity contribution in [1.82, 2.24) is 19.6 Å². The maximum Gasteiger partial charge on any atom is 0.312 e. The molecular formula is C23H19Cl3N6O3. The Balaban J connectivity index is 1.43. The first kappa shape index (κ1) is 24.7. The topological polar surface area (TPSA) is 108 Å². The van der Waals surface area contributed by atoms with Gasteiger partial charge in [0.15, 0.2) is 5.82 Å². The molecule has 2 aromatic heterocycles.